The summed E-state index contributed by atoms with van der Waals surface area (Å²) < 4.78 is 49.5. The lowest BCUT2D eigenvalue weighted by molar-refractivity contribution is -0.228. The molecule has 0 saturated heterocycles. The number of hydrogen-bond donors (Lipinski definition) is 1. The van der Waals surface area contributed by atoms with Crippen LogP contribution in [0.15, 0.2) is 0 Å². The first-order valence-electron chi connectivity index (χ1n) is 3.74. The smallest absolute Gasteiger partial charge is 0.332 e. The van der Waals surface area contributed by atoms with Gasteiger partial charge >= 0.3 is 11.8 Å². The number of alkyl halides is 4. The third-order valence-electron chi connectivity index (χ3n) is 1.58. The van der Waals surface area contributed by atoms with Crippen LogP contribution in [0.5, 0.6) is 0 Å². The first kappa shape index (κ1) is 11.7. The number of aliphatic hydroxyl groups is 1. The molecule has 0 aromatic carbocycles. The largest absolute Gasteiger partial charge is 0.390 e. The Labute approximate surface area is 68.4 Å². The van der Waals surface area contributed by atoms with Gasteiger partial charge in [0.2, 0.25) is 0 Å². The Kier molecular flexibility index (Phi) is 3.96. The number of aliphatic hydroxyl groups excluding tert-OH is 1. The van der Waals surface area contributed by atoms with Crippen LogP contribution in [0.4, 0.5) is 17.6 Å². The van der Waals surface area contributed by atoms with Gasteiger partial charge in [-0.15, -0.1) is 0 Å². The highest BCUT2D eigenvalue weighted by Gasteiger charge is 2.54. The second-order valence-electron chi connectivity index (χ2n) is 2.67. The molecule has 0 bridgehead atoms. The second-order valence-corrected chi connectivity index (χ2v) is 2.67. The van der Waals surface area contributed by atoms with E-state index < -0.39 is 24.9 Å². The molecule has 1 nitrogen and oxygen atoms in total. The minimum absolute atomic E-state index is 0.0303. The molecule has 0 aliphatic carbocycles. The second kappa shape index (κ2) is 4.07. The Morgan fingerprint density at radius 1 is 1.08 bits per heavy atom. The maximum absolute atomic E-state index is 12.5. The minimum Gasteiger partial charge on any atom is -0.390 e. The van der Waals surface area contributed by atoms with E-state index in [1.54, 1.807) is 6.92 Å². The Morgan fingerprint density at radius 3 is 1.92 bits per heavy atom. The van der Waals surface area contributed by atoms with E-state index in [-0.39, 0.29) is 6.42 Å². The summed E-state index contributed by atoms with van der Waals surface area (Å²) in [6.45, 7) is -0.170. The van der Waals surface area contributed by atoms with Gasteiger partial charge in [0.1, 0.15) is 6.61 Å². The highest BCUT2D eigenvalue weighted by atomic mass is 19.3. The summed E-state index contributed by atoms with van der Waals surface area (Å²) in [6, 6.07) is 0. The van der Waals surface area contributed by atoms with Crippen molar-refractivity contribution < 1.29 is 22.7 Å². The molecule has 0 spiro atoms. The average Bonchev–Trinajstić information content (AvgIpc) is 2.00. The van der Waals surface area contributed by atoms with E-state index in [0.29, 0.717) is 6.42 Å². The van der Waals surface area contributed by atoms with Crippen LogP contribution in [-0.4, -0.2) is 23.6 Å². The first-order valence-corrected chi connectivity index (χ1v) is 3.74. The maximum atomic E-state index is 12.5. The summed E-state index contributed by atoms with van der Waals surface area (Å²) in [5, 5.41) is 8.00. The standard InChI is InChI=1S/C7H12F4O/c1-2-3-4-6(8,9)7(10,11)5-12/h12H,2-5H2,1H3. The van der Waals surface area contributed by atoms with Crippen LogP contribution < -0.4 is 0 Å². The minimum atomic E-state index is -4.29. The lowest BCUT2D eigenvalue weighted by atomic mass is 10.1. The molecule has 0 radical (unpaired) electrons. The highest BCUT2D eigenvalue weighted by molar-refractivity contribution is 4.83. The molecule has 0 aromatic rings. The van der Waals surface area contributed by atoms with E-state index in [1.807, 2.05) is 0 Å². The predicted molar refractivity (Wildman–Crippen MR) is 36.5 cm³/mol. The summed E-state index contributed by atoms with van der Waals surface area (Å²) in [7, 11) is 0. The third-order valence-corrected chi connectivity index (χ3v) is 1.58. The highest BCUT2D eigenvalue weighted by Crippen LogP contribution is 2.37. The molecule has 74 valence electrons. The van der Waals surface area contributed by atoms with E-state index in [9.17, 15) is 17.6 Å². The topological polar surface area (TPSA) is 20.2 Å². The molecule has 0 rings (SSSR count). The molecule has 0 fully saturated rings. The van der Waals surface area contributed by atoms with Gasteiger partial charge < -0.3 is 5.11 Å². The molecule has 1 N–H and O–H groups in total. The SMILES string of the molecule is CCCCC(F)(F)C(F)(F)CO. The summed E-state index contributed by atoms with van der Waals surface area (Å²) in [4.78, 5) is 0. The van der Waals surface area contributed by atoms with Gasteiger partial charge in [-0.05, 0) is 6.42 Å². The summed E-state index contributed by atoms with van der Waals surface area (Å²) in [5.74, 6) is -8.38. The van der Waals surface area contributed by atoms with Crippen LogP contribution in [0.1, 0.15) is 26.2 Å². The molecular formula is C7H12F4O. The quantitative estimate of drug-likeness (QED) is 0.657. The van der Waals surface area contributed by atoms with Crippen molar-refractivity contribution in [1.82, 2.24) is 0 Å². The van der Waals surface area contributed by atoms with Crippen molar-refractivity contribution in [2.75, 3.05) is 6.61 Å². The molecule has 0 amide bonds. The van der Waals surface area contributed by atoms with Gasteiger partial charge in [0.05, 0.1) is 0 Å². The van der Waals surface area contributed by atoms with Crippen molar-refractivity contribution in [2.45, 2.75) is 38.0 Å². The van der Waals surface area contributed by atoms with Gasteiger partial charge in [0.25, 0.3) is 0 Å². The molecule has 0 aromatic heterocycles. The molecule has 0 heterocycles. The van der Waals surface area contributed by atoms with Crippen molar-refractivity contribution in [1.29, 1.82) is 0 Å². The van der Waals surface area contributed by atoms with Crippen molar-refractivity contribution in [2.24, 2.45) is 0 Å². The maximum Gasteiger partial charge on any atom is 0.332 e. The Balaban J connectivity index is 4.17. The zero-order valence-electron chi connectivity index (χ0n) is 6.79. The number of unbranched alkanes of at least 4 members (excludes halogenated alkanes) is 1. The zero-order chi connectivity index (χ0) is 9.83. The van der Waals surface area contributed by atoms with Gasteiger partial charge in [0, 0.05) is 6.42 Å². The van der Waals surface area contributed by atoms with E-state index in [2.05, 4.69) is 0 Å². The number of hydrogen-bond acceptors (Lipinski definition) is 1. The van der Waals surface area contributed by atoms with Gasteiger partial charge in [-0.3, -0.25) is 0 Å². The molecule has 0 saturated carbocycles. The Bertz CT molecular complexity index is 135. The van der Waals surface area contributed by atoms with E-state index in [0.717, 1.165) is 0 Å². The lowest BCUT2D eigenvalue weighted by Crippen LogP contribution is -2.43. The third kappa shape index (κ3) is 2.62. The van der Waals surface area contributed by atoms with Crippen molar-refractivity contribution in [3.05, 3.63) is 0 Å². The molecule has 0 aliphatic heterocycles. The fourth-order valence-corrected chi connectivity index (χ4v) is 0.697. The molecule has 0 aliphatic rings. The summed E-state index contributed by atoms with van der Waals surface area (Å²) >= 11 is 0. The Hall–Kier alpha value is -0.320. The molecule has 0 unspecified atom stereocenters. The van der Waals surface area contributed by atoms with Gasteiger partial charge in [-0.1, -0.05) is 13.3 Å². The fourth-order valence-electron chi connectivity index (χ4n) is 0.697. The van der Waals surface area contributed by atoms with E-state index >= 15 is 0 Å². The normalized spacial score (nSPS) is 13.5. The van der Waals surface area contributed by atoms with Crippen molar-refractivity contribution in [3.8, 4) is 0 Å². The van der Waals surface area contributed by atoms with Gasteiger partial charge in [0.15, 0.2) is 0 Å². The van der Waals surface area contributed by atoms with Gasteiger partial charge in [-0.25, -0.2) is 0 Å². The number of halogens is 4. The van der Waals surface area contributed by atoms with Crippen LogP contribution in [0.3, 0.4) is 0 Å². The van der Waals surface area contributed by atoms with Crippen molar-refractivity contribution >= 4 is 0 Å². The molecule has 0 atom stereocenters. The van der Waals surface area contributed by atoms with Crippen LogP contribution in [0.25, 0.3) is 0 Å². The van der Waals surface area contributed by atoms with E-state index in [4.69, 9.17) is 5.11 Å². The van der Waals surface area contributed by atoms with Crippen LogP contribution in [0, 0.1) is 0 Å². The molecule has 12 heavy (non-hydrogen) atoms. The van der Waals surface area contributed by atoms with Crippen molar-refractivity contribution in [3.63, 3.8) is 0 Å². The monoisotopic (exact) mass is 188 g/mol. The van der Waals surface area contributed by atoms with Crippen LogP contribution in [-0.2, 0) is 0 Å². The molecular weight excluding hydrogens is 176 g/mol. The Morgan fingerprint density at radius 2 is 1.58 bits per heavy atom. The lowest BCUT2D eigenvalue weighted by Gasteiger charge is -2.24. The summed E-state index contributed by atoms with van der Waals surface area (Å²) in [6.07, 6.45) is -0.420. The zero-order valence-corrected chi connectivity index (χ0v) is 6.79. The van der Waals surface area contributed by atoms with E-state index in [1.165, 1.54) is 0 Å². The fraction of sp³-hybridized carbons (Fsp3) is 1.00. The van der Waals surface area contributed by atoms with Gasteiger partial charge in [-0.2, -0.15) is 17.6 Å². The molecule has 5 heteroatoms. The summed E-state index contributed by atoms with van der Waals surface area (Å²) in [5.41, 5.74) is 0. The van der Waals surface area contributed by atoms with Crippen LogP contribution in [0.2, 0.25) is 0 Å². The predicted octanol–water partition coefficient (Wildman–Crippen LogP) is 2.44. The first-order chi connectivity index (χ1) is 5.37. The number of rotatable bonds is 5. The average molecular weight is 188 g/mol. The van der Waals surface area contributed by atoms with Crippen LogP contribution >= 0.6 is 0 Å².